The summed E-state index contributed by atoms with van der Waals surface area (Å²) in [6.07, 6.45) is 0.797. The number of carbonyl (C=O) groups is 1. The lowest BCUT2D eigenvalue weighted by Gasteiger charge is -2.38. The molecule has 29 heavy (non-hydrogen) atoms. The fraction of sp³-hybridized carbons (Fsp3) is 0.364. The lowest BCUT2D eigenvalue weighted by Crippen LogP contribution is -2.47. The first kappa shape index (κ1) is 23.0. The monoisotopic (exact) mass is 508 g/mol. The van der Waals surface area contributed by atoms with Crippen LogP contribution in [-0.4, -0.2) is 31.1 Å². The second-order valence-corrected chi connectivity index (χ2v) is 7.49. The summed E-state index contributed by atoms with van der Waals surface area (Å²) in [5.41, 5.74) is 1.88. The molecule has 156 valence electrons. The minimum atomic E-state index is -0.280. The summed E-state index contributed by atoms with van der Waals surface area (Å²) in [4.78, 5) is 16.4. The summed E-state index contributed by atoms with van der Waals surface area (Å²) in [6, 6.07) is 17.9. The first-order valence-corrected chi connectivity index (χ1v) is 9.52. The van der Waals surface area contributed by atoms with Gasteiger partial charge in [-0.3, -0.25) is 9.79 Å². The largest absolute Gasteiger partial charge is 0.487 e. The number of hydrogen-bond acceptors (Lipinski definition) is 3. The van der Waals surface area contributed by atoms with E-state index in [0.29, 0.717) is 12.5 Å². The molecule has 1 amide bonds. The molecule has 2 aromatic rings. The van der Waals surface area contributed by atoms with Crippen LogP contribution in [0.4, 0.5) is 0 Å². The van der Waals surface area contributed by atoms with E-state index in [-0.39, 0.29) is 48.1 Å². The van der Waals surface area contributed by atoms with Crippen LogP contribution < -0.4 is 20.7 Å². The molecule has 0 saturated carbocycles. The number of rotatable bonds is 5. The van der Waals surface area contributed by atoms with Gasteiger partial charge in [0.15, 0.2) is 5.96 Å². The Labute approximate surface area is 189 Å². The summed E-state index contributed by atoms with van der Waals surface area (Å²) in [5.74, 6) is 1.39. The molecule has 7 heteroatoms. The van der Waals surface area contributed by atoms with Crippen molar-refractivity contribution in [3.63, 3.8) is 0 Å². The zero-order valence-electron chi connectivity index (χ0n) is 17.1. The molecule has 0 radical (unpaired) electrons. The van der Waals surface area contributed by atoms with Gasteiger partial charge in [0.1, 0.15) is 11.4 Å². The number of hydrogen-bond donors (Lipinski definition) is 3. The molecular weight excluding hydrogens is 479 g/mol. The molecule has 1 aliphatic rings. The van der Waals surface area contributed by atoms with E-state index in [9.17, 15) is 4.79 Å². The molecule has 6 nitrogen and oxygen atoms in total. The summed E-state index contributed by atoms with van der Waals surface area (Å²) in [7, 11) is 1.70. The van der Waals surface area contributed by atoms with Gasteiger partial charge in [-0.15, -0.1) is 24.0 Å². The van der Waals surface area contributed by atoms with Crippen molar-refractivity contribution < 1.29 is 9.53 Å². The van der Waals surface area contributed by atoms with E-state index < -0.39 is 0 Å². The van der Waals surface area contributed by atoms with Crippen molar-refractivity contribution in [3.05, 3.63) is 65.7 Å². The fourth-order valence-electron chi connectivity index (χ4n) is 3.31. The van der Waals surface area contributed by atoms with Gasteiger partial charge in [-0.2, -0.15) is 0 Å². The third-order valence-electron chi connectivity index (χ3n) is 4.66. The zero-order chi connectivity index (χ0) is 20.0. The molecule has 1 atom stereocenters. The molecule has 1 heterocycles. The highest BCUT2D eigenvalue weighted by atomic mass is 127. The summed E-state index contributed by atoms with van der Waals surface area (Å²) < 4.78 is 6.07. The number of nitrogens with zero attached hydrogens (tertiary/aromatic N) is 1. The second kappa shape index (κ2) is 10.5. The number of guanidine groups is 1. The SMILES string of the molecule is CN=C(NCC(=O)NCc1ccccc1)NC1CC(C)(C)Oc2ccccc21.I. The highest BCUT2D eigenvalue weighted by Gasteiger charge is 2.33. The fourth-order valence-corrected chi connectivity index (χ4v) is 3.31. The van der Waals surface area contributed by atoms with Gasteiger partial charge < -0.3 is 20.7 Å². The zero-order valence-corrected chi connectivity index (χ0v) is 19.4. The van der Waals surface area contributed by atoms with Gasteiger partial charge in [-0.25, -0.2) is 0 Å². The molecule has 1 unspecified atom stereocenters. The molecular formula is C22H29IN4O2. The van der Waals surface area contributed by atoms with Crippen molar-refractivity contribution in [2.75, 3.05) is 13.6 Å². The number of nitrogens with one attached hydrogen (secondary N) is 3. The first-order chi connectivity index (χ1) is 13.5. The van der Waals surface area contributed by atoms with Crippen molar-refractivity contribution in [1.29, 1.82) is 0 Å². The smallest absolute Gasteiger partial charge is 0.239 e. The number of amides is 1. The number of para-hydroxylation sites is 1. The van der Waals surface area contributed by atoms with Gasteiger partial charge in [0, 0.05) is 25.6 Å². The first-order valence-electron chi connectivity index (χ1n) is 9.52. The van der Waals surface area contributed by atoms with Crippen LogP contribution >= 0.6 is 24.0 Å². The molecule has 0 fully saturated rings. The van der Waals surface area contributed by atoms with Crippen LogP contribution in [0.15, 0.2) is 59.6 Å². The van der Waals surface area contributed by atoms with Crippen molar-refractivity contribution in [2.24, 2.45) is 4.99 Å². The van der Waals surface area contributed by atoms with E-state index in [2.05, 4.69) is 40.9 Å². The maximum Gasteiger partial charge on any atom is 0.239 e. The number of halogens is 1. The van der Waals surface area contributed by atoms with E-state index in [0.717, 1.165) is 23.3 Å². The Hall–Kier alpha value is -2.29. The number of aliphatic imine (C=N–C) groups is 1. The molecule has 3 N–H and O–H groups in total. The van der Waals surface area contributed by atoms with Crippen LogP contribution in [0.5, 0.6) is 5.75 Å². The Morgan fingerprint density at radius 3 is 2.52 bits per heavy atom. The van der Waals surface area contributed by atoms with Crippen LogP contribution in [0, 0.1) is 0 Å². The summed E-state index contributed by atoms with van der Waals surface area (Å²) >= 11 is 0. The van der Waals surface area contributed by atoms with Crippen LogP contribution in [0.2, 0.25) is 0 Å². The topological polar surface area (TPSA) is 74.8 Å². The molecule has 0 aromatic heterocycles. The number of ether oxygens (including phenoxy) is 1. The highest BCUT2D eigenvalue weighted by molar-refractivity contribution is 14.0. The van der Waals surface area contributed by atoms with Crippen molar-refractivity contribution in [1.82, 2.24) is 16.0 Å². The molecule has 2 aromatic carbocycles. The van der Waals surface area contributed by atoms with Gasteiger partial charge in [-0.05, 0) is 25.5 Å². The van der Waals surface area contributed by atoms with Gasteiger partial charge in [0.25, 0.3) is 0 Å². The highest BCUT2D eigenvalue weighted by Crippen LogP contribution is 2.39. The molecule has 0 saturated heterocycles. The molecule has 3 rings (SSSR count). The Kier molecular flexibility index (Phi) is 8.31. The van der Waals surface area contributed by atoms with Gasteiger partial charge >= 0.3 is 0 Å². The van der Waals surface area contributed by atoms with E-state index in [1.165, 1.54) is 0 Å². The summed E-state index contributed by atoms with van der Waals surface area (Å²) in [5, 5.41) is 9.43. The van der Waals surface area contributed by atoms with E-state index in [4.69, 9.17) is 4.74 Å². The Balaban J connectivity index is 0.00000300. The normalized spacial score (nSPS) is 17.2. The van der Waals surface area contributed by atoms with Crippen molar-refractivity contribution in [3.8, 4) is 5.75 Å². The van der Waals surface area contributed by atoms with Crippen LogP contribution in [0.1, 0.15) is 37.4 Å². The molecule has 0 spiro atoms. The summed E-state index contributed by atoms with van der Waals surface area (Å²) in [6.45, 7) is 4.81. The lowest BCUT2D eigenvalue weighted by molar-refractivity contribution is -0.120. The standard InChI is InChI=1S/C22H28N4O2.HI/c1-22(2)13-18(17-11-7-8-12-19(17)28-22)26-21(23-3)25-15-20(27)24-14-16-9-5-4-6-10-16;/h4-12,18H,13-15H2,1-3H3,(H,24,27)(H2,23,25,26);1H. The lowest BCUT2D eigenvalue weighted by atomic mass is 9.90. The predicted molar refractivity (Wildman–Crippen MR) is 127 cm³/mol. The second-order valence-electron chi connectivity index (χ2n) is 7.49. The molecule has 0 bridgehead atoms. The molecule has 1 aliphatic heterocycles. The van der Waals surface area contributed by atoms with Gasteiger partial charge in [0.2, 0.25) is 5.91 Å². The maximum atomic E-state index is 12.2. The maximum absolute atomic E-state index is 12.2. The quantitative estimate of drug-likeness (QED) is 0.329. The predicted octanol–water partition coefficient (Wildman–Crippen LogP) is 3.39. The van der Waals surface area contributed by atoms with Crippen LogP contribution in [0.25, 0.3) is 0 Å². The Morgan fingerprint density at radius 1 is 1.10 bits per heavy atom. The van der Waals surface area contributed by atoms with E-state index in [1.54, 1.807) is 7.05 Å². The molecule has 0 aliphatic carbocycles. The van der Waals surface area contributed by atoms with Gasteiger partial charge in [-0.1, -0.05) is 48.5 Å². The average molecular weight is 508 g/mol. The number of carbonyl (C=O) groups excluding carboxylic acids is 1. The Morgan fingerprint density at radius 2 is 1.79 bits per heavy atom. The number of benzene rings is 2. The van der Waals surface area contributed by atoms with E-state index >= 15 is 0 Å². The average Bonchev–Trinajstić information content (AvgIpc) is 2.69. The minimum Gasteiger partial charge on any atom is -0.487 e. The Bertz CT molecular complexity index is 840. The minimum absolute atomic E-state index is 0. The van der Waals surface area contributed by atoms with E-state index in [1.807, 2.05) is 48.5 Å². The number of fused-ring (bicyclic) bond motifs is 1. The van der Waals surface area contributed by atoms with Crippen LogP contribution in [0.3, 0.4) is 0 Å². The third-order valence-corrected chi connectivity index (χ3v) is 4.66. The van der Waals surface area contributed by atoms with Crippen molar-refractivity contribution >= 4 is 35.8 Å². The van der Waals surface area contributed by atoms with Crippen LogP contribution in [-0.2, 0) is 11.3 Å². The third kappa shape index (κ3) is 6.62. The van der Waals surface area contributed by atoms with Gasteiger partial charge in [0.05, 0.1) is 12.6 Å². The van der Waals surface area contributed by atoms with Crippen molar-refractivity contribution in [2.45, 2.75) is 38.5 Å².